The molecule has 0 saturated carbocycles. The van der Waals surface area contributed by atoms with Crippen molar-refractivity contribution in [2.75, 3.05) is 33.0 Å². The first kappa shape index (κ1) is 22.3. The van der Waals surface area contributed by atoms with Crippen LogP contribution in [0.3, 0.4) is 0 Å². The van der Waals surface area contributed by atoms with Crippen LogP contribution < -0.4 is 10.8 Å². The predicted molar refractivity (Wildman–Crippen MR) is 57.3 cm³/mol. The van der Waals surface area contributed by atoms with Crippen LogP contribution >= 0.6 is 7.52 Å². The monoisotopic (exact) mass is 332 g/mol. The molecule has 9 heteroatoms. The van der Waals surface area contributed by atoms with Crippen LogP contribution in [0.25, 0.3) is 0 Å². The summed E-state index contributed by atoms with van der Waals surface area (Å²) in [6, 6.07) is 0. The molecule has 7 N–H and O–H groups in total. The smallest absolute Gasteiger partial charge is 0.261 e. The summed E-state index contributed by atoms with van der Waals surface area (Å²) in [6.45, 7) is 3.65. The van der Waals surface area contributed by atoms with Gasteiger partial charge in [0.15, 0.2) is 0 Å². The zero-order valence-electron chi connectivity index (χ0n) is 9.33. The van der Waals surface area contributed by atoms with E-state index in [0.29, 0.717) is 6.54 Å². The van der Waals surface area contributed by atoms with Crippen LogP contribution in [0.5, 0.6) is 0 Å². The standard InChI is InChI=1S/C4H11NO3.C3H9NO2P.Y/c5-4(1-6,2-7)3-8;1-3-4-7(2,5)6;/h6-8H,1-3,5H2;1,3H2,2H3,(H2,4,5,6);/q;-1;. The first-order chi connectivity index (χ1) is 6.74. The van der Waals surface area contributed by atoms with E-state index in [-0.39, 0.29) is 32.7 Å². The van der Waals surface area contributed by atoms with Crippen molar-refractivity contribution in [3.63, 3.8) is 0 Å². The van der Waals surface area contributed by atoms with E-state index < -0.39 is 32.9 Å². The Kier molecular flexibility index (Phi) is 15.6. The summed E-state index contributed by atoms with van der Waals surface area (Å²) < 4.78 is 10.2. The summed E-state index contributed by atoms with van der Waals surface area (Å²) in [5, 5.41) is 27.3. The van der Waals surface area contributed by atoms with Gasteiger partial charge in [0.25, 0.3) is 7.52 Å². The molecule has 0 aromatic heterocycles. The van der Waals surface area contributed by atoms with Crippen molar-refractivity contribution < 1.29 is 57.5 Å². The predicted octanol–water partition coefficient (Wildman–Crippen LogP) is -2.12. The Morgan fingerprint density at radius 2 is 1.62 bits per heavy atom. The first-order valence-electron chi connectivity index (χ1n) is 4.20. The summed E-state index contributed by atoms with van der Waals surface area (Å²) in [6.07, 6.45) is 0. The summed E-state index contributed by atoms with van der Waals surface area (Å²) >= 11 is 0. The van der Waals surface area contributed by atoms with Gasteiger partial charge in [0.2, 0.25) is 0 Å². The van der Waals surface area contributed by atoms with Gasteiger partial charge in [0, 0.05) is 39.4 Å². The van der Waals surface area contributed by atoms with Crippen LogP contribution in [0.2, 0.25) is 0 Å². The maximum Gasteiger partial charge on any atom is 0.261 e. The second kappa shape index (κ2) is 11.2. The van der Waals surface area contributed by atoms with E-state index in [9.17, 15) is 4.57 Å². The second-order valence-electron chi connectivity index (χ2n) is 3.12. The molecular formula is C7H20N2O5PY-. The molecule has 0 heterocycles. The van der Waals surface area contributed by atoms with E-state index in [2.05, 4.69) is 12.0 Å². The molecular weight excluding hydrogens is 312 g/mol. The van der Waals surface area contributed by atoms with E-state index >= 15 is 0 Å². The zero-order chi connectivity index (χ0) is 12.5. The molecule has 0 aliphatic rings. The van der Waals surface area contributed by atoms with Crippen LogP contribution in [-0.4, -0.2) is 58.8 Å². The molecule has 1 atom stereocenters. The Labute approximate surface area is 121 Å². The Morgan fingerprint density at radius 1 is 1.31 bits per heavy atom. The van der Waals surface area contributed by atoms with E-state index in [0.717, 1.165) is 0 Å². The van der Waals surface area contributed by atoms with E-state index in [1.165, 1.54) is 6.66 Å². The van der Waals surface area contributed by atoms with E-state index in [1.54, 1.807) is 0 Å². The van der Waals surface area contributed by atoms with Gasteiger partial charge < -0.3 is 32.9 Å². The molecule has 0 spiro atoms. The van der Waals surface area contributed by atoms with Crippen molar-refractivity contribution in [3.05, 3.63) is 6.92 Å². The van der Waals surface area contributed by atoms with Crippen LogP contribution in [0.1, 0.15) is 0 Å². The normalized spacial score (nSPS) is 14.2. The SMILES string of the molecule is NC(CO)(CO)CO.[CH2-]CNP(C)(=O)O.[Y]. The van der Waals surface area contributed by atoms with Crippen molar-refractivity contribution in [2.24, 2.45) is 5.73 Å². The topological polar surface area (TPSA) is 136 Å². The number of nitrogens with one attached hydrogen (secondary N) is 1. The van der Waals surface area contributed by atoms with Crippen LogP contribution in [0, 0.1) is 6.92 Å². The largest absolute Gasteiger partial charge is 0.394 e. The molecule has 0 amide bonds. The molecule has 0 aromatic rings. The van der Waals surface area contributed by atoms with Crippen molar-refractivity contribution in [2.45, 2.75) is 5.54 Å². The molecule has 1 unspecified atom stereocenters. The minimum atomic E-state index is -2.98. The maximum atomic E-state index is 10.2. The second-order valence-corrected chi connectivity index (χ2v) is 5.20. The number of aliphatic hydroxyl groups is 3. The Hall–Kier alpha value is 1.09. The fourth-order valence-corrected chi connectivity index (χ4v) is 0.772. The van der Waals surface area contributed by atoms with Crippen molar-refractivity contribution in [3.8, 4) is 0 Å². The summed E-state index contributed by atoms with van der Waals surface area (Å²) in [5.41, 5.74) is 3.94. The van der Waals surface area contributed by atoms with Crippen molar-refractivity contribution in [1.82, 2.24) is 5.09 Å². The van der Waals surface area contributed by atoms with Gasteiger partial charge >= 0.3 is 0 Å². The molecule has 0 fully saturated rings. The minimum absolute atomic E-state index is 0. The van der Waals surface area contributed by atoms with E-state index in [1.807, 2.05) is 0 Å². The average molecular weight is 332 g/mol. The van der Waals surface area contributed by atoms with Crippen LogP contribution in [-0.2, 0) is 37.3 Å². The van der Waals surface area contributed by atoms with Crippen LogP contribution in [0.15, 0.2) is 0 Å². The Bertz CT molecular complexity index is 189. The Morgan fingerprint density at radius 3 is 1.62 bits per heavy atom. The van der Waals surface area contributed by atoms with Gasteiger partial charge in [0.05, 0.1) is 25.4 Å². The maximum absolute atomic E-state index is 10.2. The van der Waals surface area contributed by atoms with Crippen LogP contribution in [0.4, 0.5) is 0 Å². The van der Waals surface area contributed by atoms with Crippen molar-refractivity contribution >= 4 is 7.52 Å². The fourth-order valence-electron chi connectivity index (χ4n) is 0.357. The molecule has 0 aliphatic heterocycles. The fraction of sp³-hybridized carbons (Fsp3) is 0.857. The van der Waals surface area contributed by atoms with Gasteiger partial charge in [-0.15, -0.1) is 6.54 Å². The number of hydrogen-bond donors (Lipinski definition) is 6. The molecule has 0 aliphatic carbocycles. The zero-order valence-corrected chi connectivity index (χ0v) is 13.1. The molecule has 7 nitrogen and oxygen atoms in total. The number of rotatable bonds is 5. The molecule has 0 rings (SSSR count). The van der Waals surface area contributed by atoms with E-state index in [4.69, 9.17) is 25.9 Å². The minimum Gasteiger partial charge on any atom is -0.394 e. The summed E-state index contributed by atoms with van der Waals surface area (Å²) in [4.78, 5) is 8.42. The molecule has 16 heavy (non-hydrogen) atoms. The summed E-state index contributed by atoms with van der Waals surface area (Å²) in [5.74, 6) is 0. The summed E-state index contributed by atoms with van der Waals surface area (Å²) in [7, 11) is -2.98. The third kappa shape index (κ3) is 15.1. The van der Waals surface area contributed by atoms with Gasteiger partial charge in [-0.3, -0.25) is 9.65 Å². The molecule has 0 aromatic carbocycles. The molecule has 0 saturated heterocycles. The third-order valence-electron chi connectivity index (χ3n) is 1.35. The quantitative estimate of drug-likeness (QED) is 0.250. The average Bonchev–Trinajstić information content (AvgIpc) is 2.16. The van der Waals surface area contributed by atoms with Gasteiger partial charge in [-0.2, -0.15) is 0 Å². The molecule has 1 radical (unpaired) electrons. The molecule has 97 valence electrons. The number of nitrogens with two attached hydrogens (primary N) is 1. The first-order valence-corrected chi connectivity index (χ1v) is 6.31. The van der Waals surface area contributed by atoms with Crippen molar-refractivity contribution in [1.29, 1.82) is 0 Å². The van der Waals surface area contributed by atoms with Gasteiger partial charge in [0.1, 0.15) is 0 Å². The van der Waals surface area contributed by atoms with Gasteiger partial charge in [-0.1, -0.05) is 0 Å². The molecule has 0 bridgehead atoms. The number of aliphatic hydroxyl groups excluding tert-OH is 3. The third-order valence-corrected chi connectivity index (χ3v) is 2.16. The van der Waals surface area contributed by atoms with Gasteiger partial charge in [-0.25, -0.2) is 0 Å². The number of hydrogen-bond acceptors (Lipinski definition) is 5. The van der Waals surface area contributed by atoms with Gasteiger partial charge in [-0.05, 0) is 0 Å². The Balaban J connectivity index is -0.000000200.